The number of nitrogens with two attached hydrogens (primary N) is 1. The van der Waals surface area contributed by atoms with Gasteiger partial charge >= 0.3 is 11.9 Å². The summed E-state index contributed by atoms with van der Waals surface area (Å²) in [5.74, 6) is -3.27. The first-order valence-corrected chi connectivity index (χ1v) is 8.85. The number of nitriles is 1. The lowest BCUT2D eigenvalue weighted by Crippen LogP contribution is -2.40. The molecule has 0 amide bonds. The van der Waals surface area contributed by atoms with Gasteiger partial charge in [-0.05, 0) is 29.8 Å². The molecule has 2 aromatic rings. The lowest BCUT2D eigenvalue weighted by atomic mass is 9.81. The van der Waals surface area contributed by atoms with Crippen LogP contribution in [0.15, 0.2) is 77.3 Å². The summed E-state index contributed by atoms with van der Waals surface area (Å²) in [6, 6.07) is 15.8. The first-order chi connectivity index (χ1) is 14.4. The number of esters is 2. The maximum Gasteiger partial charge on any atom is 0.355 e. The molecular formula is C22H18FN3O4. The first-order valence-electron chi connectivity index (χ1n) is 8.85. The van der Waals surface area contributed by atoms with Gasteiger partial charge in [0.2, 0.25) is 0 Å². The van der Waals surface area contributed by atoms with Gasteiger partial charge in [-0.15, -0.1) is 0 Å². The molecule has 0 radical (unpaired) electrons. The fourth-order valence-corrected chi connectivity index (χ4v) is 3.37. The zero-order valence-corrected chi connectivity index (χ0v) is 16.3. The summed E-state index contributed by atoms with van der Waals surface area (Å²) in [5.41, 5.74) is 6.86. The highest BCUT2D eigenvalue weighted by Crippen LogP contribution is 2.43. The summed E-state index contributed by atoms with van der Waals surface area (Å²) in [4.78, 5) is 26.9. The van der Waals surface area contributed by atoms with Crippen molar-refractivity contribution >= 4 is 17.6 Å². The Morgan fingerprint density at radius 2 is 1.63 bits per heavy atom. The fraction of sp³-hybridized carbons (Fsp3) is 0.136. The average Bonchev–Trinajstić information content (AvgIpc) is 2.78. The van der Waals surface area contributed by atoms with Crippen molar-refractivity contribution in [2.75, 3.05) is 19.1 Å². The molecule has 0 bridgehead atoms. The number of rotatable bonds is 4. The number of carbonyl (C=O) groups is 2. The molecule has 0 aliphatic carbocycles. The Balaban J connectivity index is 2.39. The lowest BCUT2D eigenvalue weighted by Gasteiger charge is -2.35. The Kier molecular flexibility index (Phi) is 5.83. The van der Waals surface area contributed by atoms with E-state index in [1.807, 2.05) is 6.07 Å². The van der Waals surface area contributed by atoms with Crippen LogP contribution < -0.4 is 10.6 Å². The number of carbonyl (C=O) groups excluding carboxylic acids is 2. The van der Waals surface area contributed by atoms with E-state index in [9.17, 15) is 19.2 Å². The second-order valence-electron chi connectivity index (χ2n) is 6.31. The number of hydrogen-bond donors (Lipinski definition) is 1. The van der Waals surface area contributed by atoms with E-state index in [1.165, 1.54) is 36.3 Å². The monoisotopic (exact) mass is 407 g/mol. The molecule has 2 N–H and O–H groups in total. The van der Waals surface area contributed by atoms with Crippen LogP contribution in [-0.2, 0) is 19.1 Å². The molecule has 152 valence electrons. The Hall–Kier alpha value is -4.12. The van der Waals surface area contributed by atoms with Gasteiger partial charge in [-0.3, -0.25) is 4.90 Å². The zero-order valence-electron chi connectivity index (χ0n) is 16.3. The summed E-state index contributed by atoms with van der Waals surface area (Å²) >= 11 is 0. The van der Waals surface area contributed by atoms with Crippen LogP contribution in [0.2, 0.25) is 0 Å². The van der Waals surface area contributed by atoms with Crippen LogP contribution in [0.1, 0.15) is 11.5 Å². The number of halogens is 1. The smallest absolute Gasteiger partial charge is 0.355 e. The highest BCUT2D eigenvalue weighted by atomic mass is 19.1. The van der Waals surface area contributed by atoms with Crippen LogP contribution in [0.4, 0.5) is 10.1 Å². The maximum absolute atomic E-state index is 13.5. The Morgan fingerprint density at radius 3 is 2.17 bits per heavy atom. The number of nitrogens with zero attached hydrogens (tertiary/aromatic N) is 2. The predicted octanol–water partition coefficient (Wildman–Crippen LogP) is 2.72. The maximum atomic E-state index is 13.5. The van der Waals surface area contributed by atoms with Crippen molar-refractivity contribution in [2.45, 2.75) is 5.92 Å². The quantitative estimate of drug-likeness (QED) is 0.777. The Morgan fingerprint density at radius 1 is 1.03 bits per heavy atom. The van der Waals surface area contributed by atoms with Gasteiger partial charge in [-0.1, -0.05) is 30.3 Å². The number of methoxy groups -OCH3 is 2. The molecule has 1 aliphatic rings. The molecule has 0 unspecified atom stereocenters. The highest BCUT2D eigenvalue weighted by Gasteiger charge is 2.42. The minimum absolute atomic E-state index is 0.0125. The second kappa shape index (κ2) is 8.49. The van der Waals surface area contributed by atoms with E-state index in [0.29, 0.717) is 11.3 Å². The van der Waals surface area contributed by atoms with Crippen molar-refractivity contribution in [3.05, 3.63) is 88.6 Å². The molecule has 0 spiro atoms. The van der Waals surface area contributed by atoms with E-state index < -0.39 is 23.7 Å². The third kappa shape index (κ3) is 3.49. The van der Waals surface area contributed by atoms with Gasteiger partial charge in [0, 0.05) is 5.69 Å². The predicted molar refractivity (Wildman–Crippen MR) is 106 cm³/mol. The second-order valence-corrected chi connectivity index (χ2v) is 6.31. The minimum Gasteiger partial charge on any atom is -0.466 e. The molecule has 0 saturated heterocycles. The Bertz CT molecular complexity index is 1090. The molecule has 8 heteroatoms. The molecule has 1 atom stereocenters. The third-order valence-corrected chi connectivity index (χ3v) is 4.70. The summed E-state index contributed by atoms with van der Waals surface area (Å²) in [6.07, 6.45) is 0. The number of allylic oxidation sites excluding steroid dienone is 1. The summed E-state index contributed by atoms with van der Waals surface area (Å²) in [5, 5.41) is 9.89. The number of para-hydroxylation sites is 1. The largest absolute Gasteiger partial charge is 0.466 e. The number of ether oxygens (including phenoxy) is 2. The molecule has 0 saturated carbocycles. The van der Waals surface area contributed by atoms with Crippen molar-refractivity contribution in [3.8, 4) is 6.07 Å². The molecule has 7 nitrogen and oxygen atoms in total. The molecule has 1 aliphatic heterocycles. The SMILES string of the molecule is COC(=O)C1=C(C(=O)OC)N(c2ccccc2)C(N)=C(C#N)[C@H]1c1ccc(F)cc1. The van der Waals surface area contributed by atoms with Crippen molar-refractivity contribution in [3.63, 3.8) is 0 Å². The van der Waals surface area contributed by atoms with Gasteiger partial charge in [0.25, 0.3) is 0 Å². The highest BCUT2D eigenvalue weighted by molar-refractivity contribution is 6.06. The third-order valence-electron chi connectivity index (χ3n) is 4.70. The standard InChI is InChI=1S/C22H18FN3O4/c1-29-21(27)18-17(13-8-10-14(23)11-9-13)16(12-24)20(25)26(19(18)22(28)30-2)15-6-4-3-5-7-15/h3-11,17H,25H2,1-2H3/t17-/m1/s1. The van der Waals surface area contributed by atoms with E-state index in [2.05, 4.69) is 0 Å². The van der Waals surface area contributed by atoms with Crippen molar-refractivity contribution in [1.82, 2.24) is 0 Å². The van der Waals surface area contributed by atoms with Gasteiger partial charge in [-0.25, -0.2) is 14.0 Å². The molecule has 30 heavy (non-hydrogen) atoms. The van der Waals surface area contributed by atoms with Crippen LogP contribution in [0, 0.1) is 17.1 Å². The van der Waals surface area contributed by atoms with Gasteiger partial charge in [0.15, 0.2) is 0 Å². The van der Waals surface area contributed by atoms with E-state index in [4.69, 9.17) is 15.2 Å². The minimum atomic E-state index is -1.04. The molecule has 2 aromatic carbocycles. The first kappa shape index (κ1) is 20.6. The normalized spacial score (nSPS) is 16.2. The molecular weight excluding hydrogens is 389 g/mol. The topological polar surface area (TPSA) is 106 Å². The van der Waals surface area contributed by atoms with Crippen molar-refractivity contribution < 1.29 is 23.5 Å². The van der Waals surface area contributed by atoms with Crippen LogP contribution in [0.3, 0.4) is 0 Å². The van der Waals surface area contributed by atoms with Gasteiger partial charge in [0.1, 0.15) is 17.3 Å². The molecule has 3 rings (SSSR count). The number of benzene rings is 2. The van der Waals surface area contributed by atoms with Gasteiger partial charge < -0.3 is 15.2 Å². The van der Waals surface area contributed by atoms with Crippen molar-refractivity contribution in [1.29, 1.82) is 5.26 Å². The van der Waals surface area contributed by atoms with Gasteiger partial charge in [-0.2, -0.15) is 5.26 Å². The molecule has 0 fully saturated rings. The molecule has 0 aromatic heterocycles. The van der Waals surface area contributed by atoms with Crippen molar-refractivity contribution in [2.24, 2.45) is 5.73 Å². The van der Waals surface area contributed by atoms with E-state index in [1.54, 1.807) is 30.3 Å². The van der Waals surface area contributed by atoms with Gasteiger partial charge in [0.05, 0.1) is 37.4 Å². The summed E-state index contributed by atoms with van der Waals surface area (Å²) in [7, 11) is 2.33. The van der Waals surface area contributed by atoms with Crippen LogP contribution in [0.25, 0.3) is 0 Å². The summed E-state index contributed by atoms with van der Waals surface area (Å²) < 4.78 is 23.3. The number of anilines is 1. The van der Waals surface area contributed by atoms with E-state index in [0.717, 1.165) is 7.11 Å². The summed E-state index contributed by atoms with van der Waals surface area (Å²) in [6.45, 7) is 0. The Labute approximate surface area is 172 Å². The van der Waals surface area contributed by atoms with Crippen LogP contribution in [-0.4, -0.2) is 26.2 Å². The lowest BCUT2D eigenvalue weighted by molar-refractivity contribution is -0.139. The number of hydrogen-bond acceptors (Lipinski definition) is 7. The van der Waals surface area contributed by atoms with Crippen LogP contribution >= 0.6 is 0 Å². The van der Waals surface area contributed by atoms with Crippen LogP contribution in [0.5, 0.6) is 0 Å². The zero-order chi connectivity index (χ0) is 21.8. The average molecular weight is 407 g/mol. The molecule has 1 heterocycles. The van der Waals surface area contributed by atoms with E-state index >= 15 is 0 Å². The van der Waals surface area contributed by atoms with E-state index in [-0.39, 0.29) is 22.7 Å². The fourth-order valence-electron chi connectivity index (χ4n) is 3.37.